The second kappa shape index (κ2) is 6.65. The molecule has 2 aromatic heterocycles. The monoisotopic (exact) mass is 365 g/mol. The molecule has 2 heterocycles. The molecule has 2 aromatic carbocycles. The van der Waals surface area contributed by atoms with Gasteiger partial charge in [0.05, 0.1) is 17.1 Å². The van der Waals surface area contributed by atoms with Gasteiger partial charge >= 0.3 is 0 Å². The van der Waals surface area contributed by atoms with Crippen LogP contribution in [0.3, 0.4) is 0 Å². The van der Waals surface area contributed by atoms with Gasteiger partial charge < -0.3 is 5.32 Å². The van der Waals surface area contributed by atoms with Gasteiger partial charge in [0, 0.05) is 30.0 Å². The van der Waals surface area contributed by atoms with E-state index in [-0.39, 0.29) is 0 Å². The van der Waals surface area contributed by atoms with Gasteiger partial charge in [0.2, 0.25) is 0 Å². The third-order valence-corrected chi connectivity index (χ3v) is 4.20. The summed E-state index contributed by atoms with van der Waals surface area (Å²) in [6.45, 7) is 0. The Bertz CT molecular complexity index is 1100. The molecular formula is C19H13ClFN5. The Hall–Kier alpha value is -3.12. The van der Waals surface area contributed by atoms with Crippen LogP contribution in [0.1, 0.15) is 0 Å². The van der Waals surface area contributed by atoms with E-state index in [1.807, 2.05) is 6.07 Å². The summed E-state index contributed by atoms with van der Waals surface area (Å²) >= 11 is 6.04. The molecule has 0 fully saturated rings. The summed E-state index contributed by atoms with van der Waals surface area (Å²) in [4.78, 5) is 17.1. The fourth-order valence-corrected chi connectivity index (χ4v) is 2.96. The smallest absolute Gasteiger partial charge is 0.182 e. The first-order valence-corrected chi connectivity index (χ1v) is 8.25. The zero-order valence-electron chi connectivity index (χ0n) is 13.7. The molecule has 0 amide bonds. The van der Waals surface area contributed by atoms with Gasteiger partial charge in [-0.15, -0.1) is 0 Å². The van der Waals surface area contributed by atoms with E-state index in [0.717, 1.165) is 0 Å². The Kier molecular flexibility index (Phi) is 4.18. The fourth-order valence-electron chi connectivity index (χ4n) is 2.77. The lowest BCUT2D eigenvalue weighted by Crippen LogP contribution is -2.02. The number of nitrogens with one attached hydrogen (secondary N) is 1. The van der Waals surface area contributed by atoms with Crippen molar-refractivity contribution in [2.45, 2.75) is 0 Å². The van der Waals surface area contributed by atoms with E-state index in [4.69, 9.17) is 11.6 Å². The number of rotatable bonds is 3. The molecule has 7 heteroatoms. The summed E-state index contributed by atoms with van der Waals surface area (Å²) in [5, 5.41) is 3.81. The first-order valence-electron chi connectivity index (χ1n) is 7.87. The average Bonchev–Trinajstić information content (AvgIpc) is 2.68. The minimum atomic E-state index is -0.403. The van der Waals surface area contributed by atoms with Crippen molar-refractivity contribution in [3.05, 3.63) is 65.8 Å². The minimum Gasteiger partial charge on any atom is -0.372 e. The molecule has 0 aliphatic carbocycles. The third kappa shape index (κ3) is 2.84. The highest BCUT2D eigenvalue weighted by Crippen LogP contribution is 2.33. The minimum absolute atomic E-state index is 0.317. The van der Waals surface area contributed by atoms with Gasteiger partial charge in [0.15, 0.2) is 5.82 Å². The van der Waals surface area contributed by atoms with Crippen LogP contribution in [0.25, 0.3) is 33.5 Å². The number of anilines is 1. The Morgan fingerprint density at radius 2 is 1.96 bits per heavy atom. The van der Waals surface area contributed by atoms with Gasteiger partial charge in [0.1, 0.15) is 17.3 Å². The van der Waals surface area contributed by atoms with Crippen LogP contribution in [-0.4, -0.2) is 27.0 Å². The number of benzene rings is 2. The standard InChI is InChI=1S/C19H13ClFN5/c1-22-19-16-14(25-18(26-19)15-10-23-7-8-24-15)6-5-13(17(16)21)11-3-2-4-12(20)9-11/h2-10H,1H3,(H,22,25,26). The Morgan fingerprint density at radius 1 is 1.08 bits per heavy atom. The molecule has 0 aliphatic heterocycles. The van der Waals surface area contributed by atoms with Crippen LogP contribution >= 0.6 is 11.6 Å². The summed E-state index contributed by atoms with van der Waals surface area (Å²) < 4.78 is 15.3. The highest BCUT2D eigenvalue weighted by Gasteiger charge is 2.17. The highest BCUT2D eigenvalue weighted by molar-refractivity contribution is 6.30. The normalized spacial score (nSPS) is 10.9. The average molecular weight is 366 g/mol. The summed E-state index contributed by atoms with van der Waals surface area (Å²) in [5.74, 6) is 0.363. The Morgan fingerprint density at radius 3 is 2.69 bits per heavy atom. The van der Waals surface area contributed by atoms with Crippen LogP contribution < -0.4 is 5.32 Å². The van der Waals surface area contributed by atoms with Gasteiger partial charge in [-0.25, -0.2) is 19.3 Å². The molecule has 5 nitrogen and oxygen atoms in total. The molecule has 0 bridgehead atoms. The summed E-state index contributed by atoms with van der Waals surface area (Å²) in [6.07, 6.45) is 4.70. The largest absolute Gasteiger partial charge is 0.372 e. The number of halogens is 2. The third-order valence-electron chi connectivity index (χ3n) is 3.97. The molecule has 0 radical (unpaired) electrons. The number of fused-ring (bicyclic) bond motifs is 1. The molecule has 0 spiro atoms. The quantitative estimate of drug-likeness (QED) is 0.575. The summed E-state index contributed by atoms with van der Waals surface area (Å²) in [7, 11) is 1.69. The zero-order chi connectivity index (χ0) is 18.1. The van der Waals surface area contributed by atoms with Gasteiger partial charge in [0.25, 0.3) is 0 Å². The molecule has 4 rings (SSSR count). The van der Waals surface area contributed by atoms with Crippen LogP contribution in [0.4, 0.5) is 10.2 Å². The van der Waals surface area contributed by atoms with E-state index < -0.39 is 5.82 Å². The van der Waals surface area contributed by atoms with Crippen molar-refractivity contribution in [2.75, 3.05) is 12.4 Å². The lowest BCUT2D eigenvalue weighted by molar-refractivity contribution is 0.643. The highest BCUT2D eigenvalue weighted by atomic mass is 35.5. The van der Waals surface area contributed by atoms with Gasteiger partial charge in [-0.05, 0) is 29.8 Å². The zero-order valence-corrected chi connectivity index (χ0v) is 14.5. The topological polar surface area (TPSA) is 63.6 Å². The van der Waals surface area contributed by atoms with Crippen LogP contribution in [0, 0.1) is 5.82 Å². The van der Waals surface area contributed by atoms with Crippen LogP contribution in [-0.2, 0) is 0 Å². The maximum atomic E-state index is 15.3. The van der Waals surface area contributed by atoms with Crippen molar-refractivity contribution in [1.29, 1.82) is 0 Å². The molecule has 1 N–H and O–H groups in total. The van der Waals surface area contributed by atoms with Gasteiger partial charge in [-0.3, -0.25) is 4.98 Å². The van der Waals surface area contributed by atoms with Crippen molar-refractivity contribution in [3.63, 3.8) is 0 Å². The molecule has 4 aromatic rings. The van der Waals surface area contributed by atoms with Crippen LogP contribution in [0.5, 0.6) is 0 Å². The number of hydrogen-bond donors (Lipinski definition) is 1. The molecule has 128 valence electrons. The maximum Gasteiger partial charge on any atom is 0.182 e. The Labute approximate surface area is 153 Å². The summed E-state index contributed by atoms with van der Waals surface area (Å²) in [6, 6.07) is 10.5. The molecule has 0 saturated carbocycles. The number of hydrogen-bond acceptors (Lipinski definition) is 5. The SMILES string of the molecule is CNc1nc(-c2cnccn2)nc2ccc(-c3cccc(Cl)c3)c(F)c12. The number of aromatic nitrogens is 4. The van der Waals surface area contributed by atoms with E-state index in [1.165, 1.54) is 0 Å². The van der Waals surface area contributed by atoms with Crippen molar-refractivity contribution in [2.24, 2.45) is 0 Å². The van der Waals surface area contributed by atoms with E-state index in [1.54, 1.807) is 56.0 Å². The van der Waals surface area contributed by atoms with Crippen LogP contribution in [0.2, 0.25) is 5.02 Å². The second-order valence-corrected chi connectivity index (χ2v) is 6.00. The van der Waals surface area contributed by atoms with E-state index in [0.29, 0.717) is 44.4 Å². The molecule has 0 saturated heterocycles. The predicted octanol–water partition coefficient (Wildman–Crippen LogP) is 4.59. The van der Waals surface area contributed by atoms with E-state index in [9.17, 15) is 0 Å². The maximum absolute atomic E-state index is 15.3. The second-order valence-electron chi connectivity index (χ2n) is 5.57. The first kappa shape index (κ1) is 16.4. The van der Waals surface area contributed by atoms with Gasteiger partial charge in [-0.1, -0.05) is 23.7 Å². The van der Waals surface area contributed by atoms with Crippen molar-refractivity contribution >= 4 is 28.3 Å². The van der Waals surface area contributed by atoms with Crippen molar-refractivity contribution in [1.82, 2.24) is 19.9 Å². The first-order chi connectivity index (χ1) is 12.7. The number of nitrogens with zero attached hydrogens (tertiary/aromatic N) is 4. The fraction of sp³-hybridized carbons (Fsp3) is 0.0526. The van der Waals surface area contributed by atoms with Crippen molar-refractivity contribution in [3.8, 4) is 22.6 Å². The molecule has 0 atom stereocenters. The summed E-state index contributed by atoms with van der Waals surface area (Å²) in [5.41, 5.74) is 2.13. The predicted molar refractivity (Wildman–Crippen MR) is 101 cm³/mol. The van der Waals surface area contributed by atoms with E-state index in [2.05, 4.69) is 25.3 Å². The molecule has 0 unspecified atom stereocenters. The van der Waals surface area contributed by atoms with Crippen LogP contribution in [0.15, 0.2) is 55.0 Å². The molecular weight excluding hydrogens is 353 g/mol. The Balaban J connectivity index is 1.95. The lowest BCUT2D eigenvalue weighted by atomic mass is 10.0. The molecule has 26 heavy (non-hydrogen) atoms. The molecule has 0 aliphatic rings. The van der Waals surface area contributed by atoms with E-state index >= 15 is 4.39 Å². The van der Waals surface area contributed by atoms with Gasteiger partial charge in [-0.2, -0.15) is 0 Å². The lowest BCUT2D eigenvalue weighted by Gasteiger charge is -2.11. The van der Waals surface area contributed by atoms with Crippen molar-refractivity contribution < 1.29 is 4.39 Å².